The van der Waals surface area contributed by atoms with E-state index in [-0.39, 0.29) is 5.91 Å². The number of hydrogen-bond donors (Lipinski definition) is 2. The highest BCUT2D eigenvalue weighted by Gasteiger charge is 2.51. The topological polar surface area (TPSA) is 79.3 Å². The number of carboxylic acids is 1. The van der Waals surface area contributed by atoms with Gasteiger partial charge in [0.1, 0.15) is 4.88 Å². The Balaban J connectivity index is 1.73. The molecule has 2 aromatic rings. The zero-order chi connectivity index (χ0) is 15.0. The third-order valence-electron chi connectivity index (χ3n) is 3.70. The SMILES string of the molecule is Cc1ncc(C(=O)Nc2ccc(C3(C(=O)O)CC3)cc2)s1. The Bertz CT molecular complexity index is 702. The summed E-state index contributed by atoms with van der Waals surface area (Å²) >= 11 is 1.34. The summed E-state index contributed by atoms with van der Waals surface area (Å²) in [5.41, 5.74) is 0.731. The molecule has 0 spiro atoms. The lowest BCUT2D eigenvalue weighted by Gasteiger charge is -2.11. The molecule has 6 heteroatoms. The Kier molecular flexibility index (Phi) is 3.25. The fourth-order valence-electron chi connectivity index (χ4n) is 2.28. The van der Waals surface area contributed by atoms with Gasteiger partial charge >= 0.3 is 5.97 Å². The molecule has 1 fully saturated rings. The molecule has 1 saturated carbocycles. The summed E-state index contributed by atoms with van der Waals surface area (Å²) in [4.78, 5) is 27.9. The van der Waals surface area contributed by atoms with Gasteiger partial charge in [-0.15, -0.1) is 11.3 Å². The predicted molar refractivity (Wildman–Crippen MR) is 79.8 cm³/mol. The van der Waals surface area contributed by atoms with Gasteiger partial charge in [0, 0.05) is 5.69 Å². The van der Waals surface area contributed by atoms with Crippen molar-refractivity contribution in [1.29, 1.82) is 0 Å². The molecule has 0 radical (unpaired) electrons. The Morgan fingerprint density at radius 3 is 2.43 bits per heavy atom. The summed E-state index contributed by atoms with van der Waals surface area (Å²) in [6.07, 6.45) is 2.90. The highest BCUT2D eigenvalue weighted by atomic mass is 32.1. The van der Waals surface area contributed by atoms with E-state index in [2.05, 4.69) is 10.3 Å². The van der Waals surface area contributed by atoms with Crippen molar-refractivity contribution in [3.8, 4) is 0 Å². The van der Waals surface area contributed by atoms with Gasteiger partial charge in [0.15, 0.2) is 0 Å². The second-order valence-electron chi connectivity index (χ2n) is 5.16. The first-order valence-electron chi connectivity index (χ1n) is 6.59. The third kappa shape index (κ3) is 2.54. The molecule has 1 aliphatic carbocycles. The number of aryl methyl sites for hydroxylation is 1. The molecule has 1 aromatic carbocycles. The number of hydrogen-bond acceptors (Lipinski definition) is 4. The van der Waals surface area contributed by atoms with Crippen LogP contribution in [0.25, 0.3) is 0 Å². The number of aromatic nitrogens is 1. The second-order valence-corrected chi connectivity index (χ2v) is 6.40. The number of aliphatic carboxylic acids is 1. The van der Waals surface area contributed by atoms with Crippen molar-refractivity contribution >= 4 is 28.9 Å². The van der Waals surface area contributed by atoms with E-state index in [0.29, 0.717) is 23.4 Å². The number of rotatable bonds is 4. The first-order chi connectivity index (χ1) is 10.0. The number of carbonyl (C=O) groups is 2. The number of anilines is 1. The largest absolute Gasteiger partial charge is 0.481 e. The van der Waals surface area contributed by atoms with Crippen LogP contribution in [0.15, 0.2) is 30.5 Å². The van der Waals surface area contributed by atoms with Gasteiger partial charge in [-0.1, -0.05) is 12.1 Å². The van der Waals surface area contributed by atoms with Crippen LogP contribution < -0.4 is 5.32 Å². The van der Waals surface area contributed by atoms with Crippen molar-refractivity contribution in [1.82, 2.24) is 4.98 Å². The summed E-state index contributed by atoms with van der Waals surface area (Å²) in [6, 6.07) is 7.03. The number of nitrogens with zero attached hydrogens (tertiary/aromatic N) is 1. The lowest BCUT2D eigenvalue weighted by atomic mass is 9.96. The van der Waals surface area contributed by atoms with E-state index in [9.17, 15) is 14.7 Å². The molecule has 1 amide bonds. The van der Waals surface area contributed by atoms with E-state index < -0.39 is 11.4 Å². The quantitative estimate of drug-likeness (QED) is 0.910. The minimum absolute atomic E-state index is 0.201. The van der Waals surface area contributed by atoms with Crippen LogP contribution in [0.3, 0.4) is 0 Å². The second kappa shape index (κ2) is 4.96. The zero-order valence-electron chi connectivity index (χ0n) is 11.4. The molecule has 2 N–H and O–H groups in total. The van der Waals surface area contributed by atoms with Gasteiger partial charge in [-0.25, -0.2) is 4.98 Å². The average molecular weight is 302 g/mol. The maximum Gasteiger partial charge on any atom is 0.314 e. The summed E-state index contributed by atoms with van der Waals surface area (Å²) in [5.74, 6) is -0.979. The molecule has 5 nitrogen and oxygen atoms in total. The van der Waals surface area contributed by atoms with Gasteiger partial charge in [-0.2, -0.15) is 0 Å². The lowest BCUT2D eigenvalue weighted by Crippen LogP contribution is -2.19. The smallest absolute Gasteiger partial charge is 0.314 e. The van der Waals surface area contributed by atoms with Crippen LogP contribution in [0.5, 0.6) is 0 Å². The molecule has 108 valence electrons. The van der Waals surface area contributed by atoms with Crippen LogP contribution in [0.2, 0.25) is 0 Å². The van der Waals surface area contributed by atoms with Crippen LogP contribution in [-0.4, -0.2) is 22.0 Å². The van der Waals surface area contributed by atoms with Crippen molar-refractivity contribution in [2.75, 3.05) is 5.32 Å². The van der Waals surface area contributed by atoms with E-state index in [0.717, 1.165) is 10.6 Å². The van der Waals surface area contributed by atoms with Gasteiger partial charge < -0.3 is 10.4 Å². The highest BCUT2D eigenvalue weighted by Crippen LogP contribution is 2.48. The van der Waals surface area contributed by atoms with Gasteiger partial charge in [0.05, 0.1) is 16.6 Å². The van der Waals surface area contributed by atoms with Crippen LogP contribution in [0, 0.1) is 6.92 Å². The van der Waals surface area contributed by atoms with E-state index in [4.69, 9.17) is 0 Å². The number of carbonyl (C=O) groups excluding carboxylic acids is 1. The number of amides is 1. The number of nitrogens with one attached hydrogen (secondary N) is 1. The fourth-order valence-corrected chi connectivity index (χ4v) is 2.96. The van der Waals surface area contributed by atoms with Crippen molar-refractivity contribution in [2.45, 2.75) is 25.2 Å². The van der Waals surface area contributed by atoms with E-state index in [1.807, 2.05) is 6.92 Å². The van der Waals surface area contributed by atoms with Crippen molar-refractivity contribution in [3.63, 3.8) is 0 Å². The molecular formula is C15H14N2O3S. The fraction of sp³-hybridized carbons (Fsp3) is 0.267. The molecule has 1 heterocycles. The average Bonchev–Trinajstić information content (AvgIpc) is 3.16. The molecule has 0 atom stereocenters. The molecule has 0 saturated heterocycles. The number of thiazole rings is 1. The van der Waals surface area contributed by atoms with Gasteiger partial charge in [0.25, 0.3) is 5.91 Å². The summed E-state index contributed by atoms with van der Waals surface area (Å²) < 4.78 is 0. The van der Waals surface area contributed by atoms with E-state index in [1.165, 1.54) is 11.3 Å². The Morgan fingerprint density at radius 2 is 1.95 bits per heavy atom. The summed E-state index contributed by atoms with van der Waals surface area (Å²) in [5, 5.41) is 12.9. The van der Waals surface area contributed by atoms with Gasteiger partial charge in [0.2, 0.25) is 0 Å². The normalized spacial score (nSPS) is 15.5. The monoisotopic (exact) mass is 302 g/mol. The Hall–Kier alpha value is -2.21. The molecular weight excluding hydrogens is 288 g/mol. The van der Waals surface area contributed by atoms with Gasteiger partial charge in [-0.3, -0.25) is 9.59 Å². The van der Waals surface area contributed by atoms with Crippen LogP contribution in [0.4, 0.5) is 5.69 Å². The maximum atomic E-state index is 12.0. The lowest BCUT2D eigenvalue weighted by molar-refractivity contribution is -0.140. The summed E-state index contributed by atoms with van der Waals surface area (Å²) in [6.45, 7) is 1.84. The first kappa shape index (κ1) is 13.8. The minimum Gasteiger partial charge on any atom is -0.481 e. The third-order valence-corrected chi connectivity index (χ3v) is 4.61. The molecule has 3 rings (SSSR count). The van der Waals surface area contributed by atoms with Crippen LogP contribution in [0.1, 0.15) is 33.1 Å². The van der Waals surface area contributed by atoms with Crippen molar-refractivity contribution < 1.29 is 14.7 Å². The van der Waals surface area contributed by atoms with E-state index >= 15 is 0 Å². The number of carboxylic acid groups (broad SMARTS) is 1. The Morgan fingerprint density at radius 1 is 1.29 bits per heavy atom. The number of benzene rings is 1. The first-order valence-corrected chi connectivity index (χ1v) is 7.41. The van der Waals surface area contributed by atoms with Crippen molar-refractivity contribution in [2.24, 2.45) is 0 Å². The van der Waals surface area contributed by atoms with Crippen molar-refractivity contribution in [3.05, 3.63) is 45.9 Å². The zero-order valence-corrected chi connectivity index (χ0v) is 12.2. The molecule has 0 bridgehead atoms. The molecule has 21 heavy (non-hydrogen) atoms. The predicted octanol–water partition coefficient (Wildman–Crippen LogP) is 2.82. The maximum absolute atomic E-state index is 12.0. The molecule has 1 aromatic heterocycles. The minimum atomic E-state index is -0.778. The Labute approximate surface area is 125 Å². The molecule has 1 aliphatic rings. The van der Waals surface area contributed by atoms with E-state index in [1.54, 1.807) is 30.5 Å². The standard InChI is InChI=1S/C15H14N2O3S/c1-9-16-8-12(21-9)13(18)17-11-4-2-10(3-5-11)15(6-7-15)14(19)20/h2-5,8H,6-7H2,1H3,(H,17,18)(H,19,20). The van der Waals surface area contributed by atoms with Crippen LogP contribution >= 0.6 is 11.3 Å². The van der Waals surface area contributed by atoms with Crippen LogP contribution in [-0.2, 0) is 10.2 Å². The summed E-state index contributed by atoms with van der Waals surface area (Å²) in [7, 11) is 0. The van der Waals surface area contributed by atoms with Gasteiger partial charge in [-0.05, 0) is 37.5 Å². The highest BCUT2D eigenvalue weighted by molar-refractivity contribution is 7.13. The molecule has 0 unspecified atom stereocenters. The molecule has 0 aliphatic heterocycles.